The summed E-state index contributed by atoms with van der Waals surface area (Å²) in [6, 6.07) is 6.05. The molecule has 8 atom stereocenters. The van der Waals surface area contributed by atoms with Crippen molar-refractivity contribution in [1.29, 1.82) is 0 Å². The van der Waals surface area contributed by atoms with Crippen LogP contribution in [0, 0.1) is 52.2 Å². The summed E-state index contributed by atoms with van der Waals surface area (Å²) in [7, 11) is 1.46. The van der Waals surface area contributed by atoms with Gasteiger partial charge in [-0.05, 0) is 128 Å². The van der Waals surface area contributed by atoms with Gasteiger partial charge >= 0.3 is 5.97 Å². The Labute approximate surface area is 243 Å². The molecule has 0 spiro atoms. The molecule has 2 N–H and O–H groups in total. The van der Waals surface area contributed by atoms with Gasteiger partial charge in [0.05, 0.1) is 7.11 Å². The smallest absolute Gasteiger partial charge is 0.305 e. The van der Waals surface area contributed by atoms with Crippen molar-refractivity contribution < 1.29 is 18.7 Å². The molecule has 1 aromatic carbocycles. The molecule has 0 saturated heterocycles. The SMILES string of the molecule is COC(=O)CC[C@@H](C)[C@H]1CC[C@H]2[C@@H]3C(=O)C[C@@H]4C/C(=N/NC(=S)Nc5ccc(F)cc5)CC[C@]4(C)[C@H]3CC[C@]12C. The van der Waals surface area contributed by atoms with E-state index in [4.69, 9.17) is 17.0 Å². The number of hydrogen-bond donors (Lipinski definition) is 2. The molecule has 4 aliphatic rings. The van der Waals surface area contributed by atoms with E-state index in [9.17, 15) is 14.0 Å². The minimum absolute atomic E-state index is 0.127. The van der Waals surface area contributed by atoms with Gasteiger partial charge in [-0.15, -0.1) is 0 Å². The van der Waals surface area contributed by atoms with E-state index in [2.05, 4.69) is 36.6 Å². The average Bonchev–Trinajstić information content (AvgIpc) is 3.29. The van der Waals surface area contributed by atoms with Crippen molar-refractivity contribution in [3.63, 3.8) is 0 Å². The van der Waals surface area contributed by atoms with E-state index in [0.717, 1.165) is 50.7 Å². The Hall–Kier alpha value is -2.35. The van der Waals surface area contributed by atoms with E-state index >= 15 is 0 Å². The fourth-order valence-corrected chi connectivity index (χ4v) is 9.45. The number of ether oxygens (including phenoxy) is 1. The molecule has 6 nitrogen and oxygen atoms in total. The van der Waals surface area contributed by atoms with E-state index in [1.54, 1.807) is 12.1 Å². The Kier molecular flexibility index (Phi) is 8.38. The molecule has 0 bridgehead atoms. The van der Waals surface area contributed by atoms with Gasteiger partial charge in [-0.3, -0.25) is 15.0 Å². The highest BCUT2D eigenvalue weighted by atomic mass is 32.1. The number of halogens is 1. The number of hydrogen-bond acceptors (Lipinski definition) is 5. The number of esters is 1. The average molecular weight is 570 g/mol. The second-order valence-electron chi connectivity index (χ2n) is 13.4. The number of benzene rings is 1. The van der Waals surface area contributed by atoms with Crippen LogP contribution in [0.2, 0.25) is 0 Å². The molecular weight excluding hydrogens is 525 g/mol. The van der Waals surface area contributed by atoms with Crippen molar-refractivity contribution in [3.8, 4) is 0 Å². The molecule has 0 amide bonds. The van der Waals surface area contributed by atoms with E-state index in [0.29, 0.717) is 59.0 Å². The van der Waals surface area contributed by atoms with E-state index in [-0.39, 0.29) is 28.5 Å². The van der Waals surface area contributed by atoms with E-state index < -0.39 is 0 Å². The number of hydrazone groups is 1. The number of ketones is 1. The first-order valence-electron chi connectivity index (χ1n) is 15.0. The van der Waals surface area contributed by atoms with Gasteiger partial charge in [0.25, 0.3) is 0 Å². The fraction of sp³-hybridized carbons (Fsp3) is 0.688. The number of Topliss-reactive ketones (excluding diaryl/α,β-unsaturated/α-hetero) is 1. The van der Waals surface area contributed by atoms with Crippen molar-refractivity contribution in [1.82, 2.24) is 5.43 Å². The minimum Gasteiger partial charge on any atom is -0.469 e. The molecule has 0 aromatic heterocycles. The predicted octanol–water partition coefficient (Wildman–Crippen LogP) is 6.90. The Morgan fingerprint density at radius 2 is 1.85 bits per heavy atom. The molecule has 8 heteroatoms. The van der Waals surface area contributed by atoms with Crippen LogP contribution in [0.15, 0.2) is 29.4 Å². The van der Waals surface area contributed by atoms with Crippen LogP contribution in [0.4, 0.5) is 10.1 Å². The van der Waals surface area contributed by atoms with Crippen molar-refractivity contribution >= 4 is 40.5 Å². The zero-order valence-electron chi connectivity index (χ0n) is 24.3. The second-order valence-corrected chi connectivity index (χ2v) is 13.8. The van der Waals surface area contributed by atoms with Crippen LogP contribution >= 0.6 is 12.2 Å². The maximum atomic E-state index is 13.9. The molecule has 0 unspecified atom stereocenters. The highest BCUT2D eigenvalue weighted by Gasteiger charge is 2.62. The lowest BCUT2D eigenvalue weighted by molar-refractivity contribution is -0.153. The molecule has 0 aliphatic heterocycles. The number of rotatable bonds is 6. The molecule has 218 valence electrons. The molecule has 0 radical (unpaired) electrons. The second kappa shape index (κ2) is 11.5. The lowest BCUT2D eigenvalue weighted by atomic mass is 9.44. The topological polar surface area (TPSA) is 79.8 Å². The van der Waals surface area contributed by atoms with Crippen LogP contribution < -0.4 is 10.7 Å². The van der Waals surface area contributed by atoms with Crippen molar-refractivity contribution in [2.24, 2.45) is 51.4 Å². The highest BCUT2D eigenvalue weighted by molar-refractivity contribution is 7.80. The number of thiocarbonyl (C=S) groups is 1. The van der Waals surface area contributed by atoms with Crippen molar-refractivity contribution in [3.05, 3.63) is 30.1 Å². The molecule has 5 rings (SSSR count). The van der Waals surface area contributed by atoms with Gasteiger partial charge in [0, 0.05) is 30.2 Å². The normalized spacial score (nSPS) is 36.7. The molecule has 4 aliphatic carbocycles. The Morgan fingerprint density at radius 3 is 2.58 bits per heavy atom. The van der Waals surface area contributed by atoms with Gasteiger partial charge in [-0.2, -0.15) is 5.10 Å². The van der Waals surface area contributed by atoms with Crippen LogP contribution in [0.3, 0.4) is 0 Å². The summed E-state index contributed by atoms with van der Waals surface area (Å²) in [4.78, 5) is 25.6. The Bertz CT molecular complexity index is 1170. The summed E-state index contributed by atoms with van der Waals surface area (Å²) in [5, 5.41) is 8.03. The predicted molar refractivity (Wildman–Crippen MR) is 159 cm³/mol. The molecule has 4 fully saturated rings. The largest absolute Gasteiger partial charge is 0.469 e. The number of carbonyl (C=O) groups is 2. The monoisotopic (exact) mass is 569 g/mol. The third-order valence-corrected chi connectivity index (χ3v) is 11.7. The summed E-state index contributed by atoms with van der Waals surface area (Å²) in [5.74, 6) is 2.44. The Balaban J connectivity index is 1.23. The van der Waals surface area contributed by atoms with Gasteiger partial charge in [0.2, 0.25) is 0 Å². The van der Waals surface area contributed by atoms with Crippen LogP contribution in [0.5, 0.6) is 0 Å². The zero-order chi connectivity index (χ0) is 28.7. The van der Waals surface area contributed by atoms with Crippen molar-refractivity contribution in [2.45, 2.75) is 85.0 Å². The first-order chi connectivity index (χ1) is 19.0. The molecule has 0 heterocycles. The van der Waals surface area contributed by atoms with Crippen LogP contribution in [-0.2, 0) is 14.3 Å². The zero-order valence-corrected chi connectivity index (χ0v) is 25.1. The first kappa shape index (κ1) is 29.2. The maximum absolute atomic E-state index is 13.9. The molecular formula is C32H44FN3O3S. The summed E-state index contributed by atoms with van der Waals surface area (Å²) in [6.07, 6.45) is 9.35. The highest BCUT2D eigenvalue weighted by Crippen LogP contribution is 2.67. The third kappa shape index (κ3) is 5.45. The minimum atomic E-state index is -0.292. The van der Waals surface area contributed by atoms with E-state index in [1.165, 1.54) is 25.7 Å². The third-order valence-electron chi connectivity index (χ3n) is 11.5. The van der Waals surface area contributed by atoms with Gasteiger partial charge in [0.1, 0.15) is 11.6 Å². The lowest BCUT2D eigenvalue weighted by Gasteiger charge is -2.60. The van der Waals surface area contributed by atoms with Gasteiger partial charge in [0.15, 0.2) is 5.11 Å². The Morgan fingerprint density at radius 1 is 1.12 bits per heavy atom. The lowest BCUT2D eigenvalue weighted by Crippen LogP contribution is -2.57. The fourth-order valence-electron chi connectivity index (χ4n) is 9.29. The van der Waals surface area contributed by atoms with E-state index in [1.807, 2.05) is 0 Å². The summed E-state index contributed by atoms with van der Waals surface area (Å²) in [5.41, 5.74) is 5.06. The number of nitrogens with zero attached hydrogens (tertiary/aromatic N) is 1. The van der Waals surface area contributed by atoms with Crippen LogP contribution in [0.25, 0.3) is 0 Å². The number of fused-ring (bicyclic) bond motifs is 5. The van der Waals surface area contributed by atoms with Crippen molar-refractivity contribution in [2.75, 3.05) is 12.4 Å². The molecule has 4 saturated carbocycles. The number of methoxy groups -OCH3 is 1. The van der Waals surface area contributed by atoms with Crippen LogP contribution in [-0.4, -0.2) is 29.7 Å². The molecule has 1 aromatic rings. The van der Waals surface area contributed by atoms with Crippen LogP contribution in [0.1, 0.15) is 85.0 Å². The van der Waals surface area contributed by atoms with Gasteiger partial charge in [-0.1, -0.05) is 20.8 Å². The summed E-state index contributed by atoms with van der Waals surface area (Å²) >= 11 is 5.39. The number of anilines is 1. The van der Waals surface area contributed by atoms with Gasteiger partial charge < -0.3 is 10.1 Å². The number of carbonyl (C=O) groups excluding carboxylic acids is 2. The summed E-state index contributed by atoms with van der Waals surface area (Å²) < 4.78 is 18.1. The number of nitrogens with one attached hydrogen (secondary N) is 2. The van der Waals surface area contributed by atoms with Gasteiger partial charge in [-0.25, -0.2) is 4.39 Å². The molecule has 40 heavy (non-hydrogen) atoms. The summed E-state index contributed by atoms with van der Waals surface area (Å²) in [6.45, 7) is 7.19. The maximum Gasteiger partial charge on any atom is 0.305 e. The standard InChI is InChI=1S/C32H44FN3O3S/c1-19(5-12-28(38)39-4)24-10-11-25-29-26(14-16-32(24,25)3)31(2)15-13-23(17-20(31)18-27(29)37)35-36-30(40)34-22-8-6-21(33)7-9-22/h6-9,19-20,24-26,29H,5,10-18H2,1-4H3,(H2,34,36,40)/b35-23+/t19-,20+,24-,25+,26+,29+,31+,32-/m1/s1. The quantitative estimate of drug-likeness (QED) is 0.221. The first-order valence-corrected chi connectivity index (χ1v) is 15.4.